The summed E-state index contributed by atoms with van der Waals surface area (Å²) in [5.74, 6) is 1.53. The van der Waals surface area contributed by atoms with Crippen LogP contribution in [0.2, 0.25) is 0 Å². The topological polar surface area (TPSA) is 109 Å². The van der Waals surface area contributed by atoms with E-state index in [-0.39, 0.29) is 24.4 Å². The third-order valence-electron chi connectivity index (χ3n) is 6.01. The van der Waals surface area contributed by atoms with Gasteiger partial charge in [-0.1, -0.05) is 36.7 Å². The van der Waals surface area contributed by atoms with Gasteiger partial charge >= 0.3 is 0 Å². The lowest BCUT2D eigenvalue weighted by Gasteiger charge is -2.33. The summed E-state index contributed by atoms with van der Waals surface area (Å²) in [6.45, 7) is 7.83. The Bertz CT molecular complexity index is 1040. The summed E-state index contributed by atoms with van der Waals surface area (Å²) in [5, 5.41) is 7.07. The molecule has 1 N–H and O–H groups in total. The zero-order valence-corrected chi connectivity index (χ0v) is 19.6. The van der Waals surface area contributed by atoms with Gasteiger partial charge in [0.15, 0.2) is 5.82 Å². The van der Waals surface area contributed by atoms with E-state index in [0.29, 0.717) is 42.9 Å². The molecule has 10 heteroatoms. The molecule has 0 radical (unpaired) electrons. The molecule has 2 aromatic rings. The van der Waals surface area contributed by atoms with Crippen molar-refractivity contribution in [2.24, 2.45) is 5.92 Å². The van der Waals surface area contributed by atoms with Gasteiger partial charge < -0.3 is 9.84 Å². The number of aryl methyl sites for hydroxylation is 1. The van der Waals surface area contributed by atoms with E-state index in [1.807, 2.05) is 25.7 Å². The molecule has 1 saturated carbocycles. The third kappa shape index (κ3) is 5.19. The van der Waals surface area contributed by atoms with E-state index in [2.05, 4.69) is 15.5 Å². The van der Waals surface area contributed by atoms with Crippen LogP contribution in [0.4, 0.5) is 0 Å². The van der Waals surface area contributed by atoms with Crippen LogP contribution in [0.3, 0.4) is 0 Å². The van der Waals surface area contributed by atoms with Crippen LogP contribution < -0.4 is 5.32 Å². The molecule has 9 nitrogen and oxygen atoms in total. The highest BCUT2D eigenvalue weighted by atomic mass is 32.2. The van der Waals surface area contributed by atoms with E-state index in [0.717, 1.165) is 24.2 Å². The van der Waals surface area contributed by atoms with E-state index in [9.17, 15) is 13.2 Å². The molecule has 2 aliphatic rings. The Morgan fingerprint density at radius 2 is 1.81 bits per heavy atom. The van der Waals surface area contributed by atoms with Crippen molar-refractivity contribution in [1.29, 1.82) is 0 Å². The van der Waals surface area contributed by atoms with Crippen molar-refractivity contribution >= 4 is 15.9 Å². The number of aromatic nitrogens is 2. The van der Waals surface area contributed by atoms with Crippen molar-refractivity contribution in [2.75, 3.05) is 32.7 Å². The first-order valence-corrected chi connectivity index (χ1v) is 12.6. The molecule has 1 saturated heterocycles. The van der Waals surface area contributed by atoms with Crippen LogP contribution in [0.5, 0.6) is 0 Å². The van der Waals surface area contributed by atoms with Crippen LogP contribution in [0.15, 0.2) is 33.7 Å². The Labute approximate surface area is 189 Å². The summed E-state index contributed by atoms with van der Waals surface area (Å²) < 4.78 is 32.6. The molecule has 0 spiro atoms. The SMILES string of the molecule is Cc1ccc(S(=O)(=O)N2CCN(CC(=O)NC(c3nc(C4CC4)no3)C(C)C)CC2)cc1. The van der Waals surface area contributed by atoms with E-state index in [4.69, 9.17) is 4.52 Å². The third-order valence-corrected chi connectivity index (χ3v) is 7.92. The summed E-state index contributed by atoms with van der Waals surface area (Å²) in [4.78, 5) is 19.5. The van der Waals surface area contributed by atoms with Crippen molar-refractivity contribution in [1.82, 2.24) is 24.7 Å². The van der Waals surface area contributed by atoms with Crippen molar-refractivity contribution in [3.63, 3.8) is 0 Å². The van der Waals surface area contributed by atoms with E-state index in [1.165, 1.54) is 4.31 Å². The fraction of sp³-hybridized carbons (Fsp3) is 0.591. The highest BCUT2D eigenvalue weighted by Gasteiger charge is 2.33. The minimum absolute atomic E-state index is 0.1000. The predicted octanol–water partition coefficient (Wildman–Crippen LogP) is 2.08. The standard InChI is InChI=1S/C22H31N5O4S/c1-15(2)20(22-24-21(25-31-22)17-6-7-17)23-19(28)14-26-10-12-27(13-11-26)32(29,30)18-8-4-16(3)5-9-18/h4-5,8-9,15,17,20H,6-7,10-14H2,1-3H3,(H,23,28). The number of hydrogen-bond donors (Lipinski definition) is 1. The van der Waals surface area contributed by atoms with Gasteiger partial charge in [-0.05, 0) is 37.8 Å². The molecule has 1 aliphatic carbocycles. The maximum absolute atomic E-state index is 12.9. The number of hydrogen-bond acceptors (Lipinski definition) is 7. The Morgan fingerprint density at radius 3 is 2.41 bits per heavy atom. The fourth-order valence-corrected chi connectivity index (χ4v) is 5.23. The van der Waals surface area contributed by atoms with Gasteiger partial charge in [0.2, 0.25) is 21.8 Å². The number of nitrogens with zero attached hydrogens (tertiary/aromatic N) is 4. The summed E-state index contributed by atoms with van der Waals surface area (Å²) >= 11 is 0. The zero-order valence-electron chi connectivity index (χ0n) is 18.8. The lowest BCUT2D eigenvalue weighted by molar-refractivity contribution is -0.123. The first kappa shape index (κ1) is 22.9. The van der Waals surface area contributed by atoms with Gasteiger partial charge in [0.25, 0.3) is 0 Å². The lowest BCUT2D eigenvalue weighted by Crippen LogP contribution is -2.51. The van der Waals surface area contributed by atoms with Crippen LogP contribution in [0.25, 0.3) is 0 Å². The minimum Gasteiger partial charge on any atom is -0.343 e. The molecule has 1 atom stereocenters. The van der Waals surface area contributed by atoms with Gasteiger partial charge in [0, 0.05) is 32.1 Å². The lowest BCUT2D eigenvalue weighted by atomic mass is 10.0. The second kappa shape index (κ2) is 9.29. The van der Waals surface area contributed by atoms with E-state index in [1.54, 1.807) is 24.3 Å². The highest BCUT2D eigenvalue weighted by molar-refractivity contribution is 7.89. The molecular formula is C22H31N5O4S. The van der Waals surface area contributed by atoms with Crippen LogP contribution in [-0.4, -0.2) is 66.4 Å². The fourth-order valence-electron chi connectivity index (χ4n) is 3.80. The van der Waals surface area contributed by atoms with Crippen LogP contribution >= 0.6 is 0 Å². The van der Waals surface area contributed by atoms with E-state index < -0.39 is 10.0 Å². The van der Waals surface area contributed by atoms with E-state index >= 15 is 0 Å². The molecule has 1 aromatic carbocycles. The van der Waals surface area contributed by atoms with Crippen LogP contribution in [0.1, 0.15) is 55.9 Å². The number of piperazine rings is 1. The second-order valence-corrected chi connectivity index (χ2v) is 11.0. The zero-order chi connectivity index (χ0) is 22.9. The summed E-state index contributed by atoms with van der Waals surface area (Å²) in [5.41, 5.74) is 1.02. The Morgan fingerprint density at radius 1 is 1.16 bits per heavy atom. The molecule has 1 aromatic heterocycles. The van der Waals surface area contributed by atoms with Gasteiger partial charge in [0.05, 0.1) is 11.4 Å². The average molecular weight is 462 g/mol. The number of nitrogens with one attached hydrogen (secondary N) is 1. The smallest absolute Gasteiger partial charge is 0.249 e. The Kier molecular flexibility index (Phi) is 6.64. The molecular weight excluding hydrogens is 430 g/mol. The first-order chi connectivity index (χ1) is 15.2. The largest absolute Gasteiger partial charge is 0.343 e. The molecule has 1 unspecified atom stereocenters. The molecule has 1 amide bonds. The van der Waals surface area contributed by atoms with Crippen LogP contribution in [0, 0.1) is 12.8 Å². The van der Waals surface area contributed by atoms with Gasteiger partial charge in [-0.3, -0.25) is 9.69 Å². The monoisotopic (exact) mass is 461 g/mol. The van der Waals surface area contributed by atoms with Gasteiger partial charge in [-0.15, -0.1) is 0 Å². The first-order valence-electron chi connectivity index (χ1n) is 11.2. The molecule has 2 fully saturated rings. The minimum atomic E-state index is -3.52. The number of rotatable bonds is 8. The predicted molar refractivity (Wildman–Crippen MR) is 118 cm³/mol. The molecule has 0 bridgehead atoms. The molecule has 32 heavy (non-hydrogen) atoms. The summed E-state index contributed by atoms with van der Waals surface area (Å²) in [6.07, 6.45) is 2.17. The number of sulfonamides is 1. The molecule has 4 rings (SSSR count). The molecule has 2 heterocycles. The number of amides is 1. The summed E-state index contributed by atoms with van der Waals surface area (Å²) in [7, 11) is -3.52. The second-order valence-electron chi connectivity index (χ2n) is 9.05. The van der Waals surface area contributed by atoms with Gasteiger partial charge in [0.1, 0.15) is 6.04 Å². The van der Waals surface area contributed by atoms with Crippen LogP contribution in [-0.2, 0) is 14.8 Å². The van der Waals surface area contributed by atoms with Crippen molar-refractivity contribution in [2.45, 2.75) is 50.5 Å². The number of carbonyl (C=O) groups excluding carboxylic acids is 1. The number of benzene rings is 1. The summed E-state index contributed by atoms with van der Waals surface area (Å²) in [6, 6.07) is 6.54. The van der Waals surface area contributed by atoms with Crippen molar-refractivity contribution in [3.8, 4) is 0 Å². The normalized spacial score (nSPS) is 19.2. The van der Waals surface area contributed by atoms with Gasteiger partial charge in [-0.2, -0.15) is 9.29 Å². The molecule has 1 aliphatic heterocycles. The number of carbonyl (C=O) groups is 1. The average Bonchev–Trinajstić information content (AvgIpc) is 3.50. The highest BCUT2D eigenvalue weighted by Crippen LogP contribution is 2.38. The van der Waals surface area contributed by atoms with Crippen molar-refractivity contribution in [3.05, 3.63) is 41.5 Å². The Hall–Kier alpha value is -2.30. The molecule has 174 valence electrons. The van der Waals surface area contributed by atoms with Gasteiger partial charge in [-0.25, -0.2) is 8.42 Å². The Balaban J connectivity index is 1.31. The maximum Gasteiger partial charge on any atom is 0.249 e. The maximum atomic E-state index is 12.9. The quantitative estimate of drug-likeness (QED) is 0.641. The van der Waals surface area contributed by atoms with Crippen molar-refractivity contribution < 1.29 is 17.7 Å².